The summed E-state index contributed by atoms with van der Waals surface area (Å²) in [5.41, 5.74) is 14.1. The summed E-state index contributed by atoms with van der Waals surface area (Å²) in [6, 6.07) is 0. The molecule has 0 aromatic rings. The molecule has 0 radical (unpaired) electrons. The number of allylic oxidation sites excluding steroid dienone is 1. The molecule has 1 amide bonds. The van der Waals surface area contributed by atoms with Crippen molar-refractivity contribution in [2.24, 2.45) is 69.6 Å². The Morgan fingerprint density at radius 1 is 0.957 bits per heavy atom. The summed E-state index contributed by atoms with van der Waals surface area (Å²) in [5, 5.41) is 3.50. The van der Waals surface area contributed by atoms with E-state index in [9.17, 15) is 4.79 Å². The minimum Gasteiger partial charge on any atom is -0.446 e. The van der Waals surface area contributed by atoms with Gasteiger partial charge in [0.2, 0.25) is 0 Å². The zero-order chi connectivity index (χ0) is 33.5. The smallest absolute Gasteiger partial charge is 0.410 e. The summed E-state index contributed by atoms with van der Waals surface area (Å²) in [4.78, 5) is 15.5. The minimum absolute atomic E-state index is 0.00474. The highest BCUT2D eigenvalue weighted by atomic mass is 16.6. The number of carbonyl (C=O) groups excluding carboxylic acids is 1. The maximum Gasteiger partial charge on any atom is 0.410 e. The van der Waals surface area contributed by atoms with Crippen LogP contribution < -0.4 is 16.8 Å². The largest absolute Gasteiger partial charge is 0.446 e. The van der Waals surface area contributed by atoms with Crippen LogP contribution in [0.15, 0.2) is 11.6 Å². The van der Waals surface area contributed by atoms with E-state index in [1.165, 1.54) is 51.4 Å². The third kappa shape index (κ3) is 8.91. The third-order valence-corrected chi connectivity index (χ3v) is 13.6. The van der Waals surface area contributed by atoms with E-state index in [-0.39, 0.29) is 23.5 Å². The molecule has 10 atom stereocenters. The average Bonchev–Trinajstić information content (AvgIpc) is 3.39. The molecule has 0 aromatic carbocycles. The molecule has 4 aliphatic carbocycles. The van der Waals surface area contributed by atoms with Gasteiger partial charge in [0.15, 0.2) is 0 Å². The maximum atomic E-state index is 13.5. The zero-order valence-electron chi connectivity index (χ0n) is 31.1. The van der Waals surface area contributed by atoms with Gasteiger partial charge in [0.1, 0.15) is 6.10 Å². The SMILES string of the molecule is CC(C)CCC[C@@H](C)[C@H]1CC[C@H]2[C@@H]3CC=C4C[C@@H](OC(=O)N(CCCCNCC(C)CN)CC(C)CN)CC[C@]4(C)[C@H]3CC[C@]12C. The van der Waals surface area contributed by atoms with Crippen molar-refractivity contribution in [1.82, 2.24) is 10.2 Å². The zero-order valence-corrected chi connectivity index (χ0v) is 31.1. The quantitative estimate of drug-likeness (QED) is 0.109. The second-order valence-electron chi connectivity index (χ2n) is 17.6. The van der Waals surface area contributed by atoms with Crippen molar-refractivity contribution in [3.05, 3.63) is 11.6 Å². The molecule has 0 heterocycles. The van der Waals surface area contributed by atoms with Crippen LogP contribution >= 0.6 is 0 Å². The summed E-state index contributed by atoms with van der Waals surface area (Å²) in [6.07, 6.45) is 18.7. The second-order valence-corrected chi connectivity index (χ2v) is 17.6. The first-order valence-corrected chi connectivity index (χ1v) is 19.7. The molecule has 6 nitrogen and oxygen atoms in total. The molecule has 0 saturated heterocycles. The molecule has 6 heteroatoms. The number of hydrogen-bond acceptors (Lipinski definition) is 5. The van der Waals surface area contributed by atoms with Gasteiger partial charge in [-0.15, -0.1) is 0 Å². The molecule has 4 aliphatic rings. The van der Waals surface area contributed by atoms with Crippen LogP contribution in [-0.2, 0) is 4.74 Å². The van der Waals surface area contributed by atoms with Crippen LogP contribution in [0, 0.1) is 58.2 Å². The van der Waals surface area contributed by atoms with Gasteiger partial charge < -0.3 is 26.4 Å². The van der Waals surface area contributed by atoms with Gasteiger partial charge in [0, 0.05) is 19.5 Å². The van der Waals surface area contributed by atoms with Crippen LogP contribution in [-0.4, -0.2) is 56.4 Å². The van der Waals surface area contributed by atoms with E-state index < -0.39 is 0 Å². The van der Waals surface area contributed by atoms with Gasteiger partial charge in [-0.1, -0.05) is 79.4 Å². The number of nitrogens with zero attached hydrogens (tertiary/aromatic N) is 1. The van der Waals surface area contributed by atoms with Crippen molar-refractivity contribution in [3.63, 3.8) is 0 Å². The van der Waals surface area contributed by atoms with Gasteiger partial charge >= 0.3 is 6.09 Å². The van der Waals surface area contributed by atoms with Crippen LogP contribution in [0.5, 0.6) is 0 Å². The highest BCUT2D eigenvalue weighted by Gasteiger charge is 2.59. The molecule has 2 unspecified atom stereocenters. The number of carbonyl (C=O) groups is 1. The standard InChI is InChI=1S/C40H74N4O2/c1-28(2)11-10-12-31(5)35-15-16-36-34-14-13-32-23-33(17-19-39(32,6)37(34)18-20-40(35,36)7)46-38(45)44(27-30(4)25-42)22-9-8-21-43-26-29(3)24-41/h13,28-31,33-37,43H,8-12,14-27,41-42H2,1-7H3/t29?,30?,31-,33+,34+,35-,36+,37+,39+,40-/m1/s1. The number of nitrogens with two attached hydrogens (primary N) is 2. The topological polar surface area (TPSA) is 93.6 Å². The first-order valence-electron chi connectivity index (χ1n) is 19.7. The fourth-order valence-corrected chi connectivity index (χ4v) is 10.7. The van der Waals surface area contributed by atoms with Crippen molar-refractivity contribution >= 4 is 6.09 Å². The molecule has 266 valence electrons. The van der Waals surface area contributed by atoms with E-state index in [0.29, 0.717) is 31.0 Å². The molecule has 3 fully saturated rings. The molecule has 0 aromatic heterocycles. The molecule has 0 aliphatic heterocycles. The van der Waals surface area contributed by atoms with Crippen LogP contribution in [0.4, 0.5) is 4.79 Å². The fraction of sp³-hybridized carbons (Fsp3) is 0.925. The fourth-order valence-electron chi connectivity index (χ4n) is 10.7. The summed E-state index contributed by atoms with van der Waals surface area (Å²) in [7, 11) is 0. The highest BCUT2D eigenvalue weighted by Crippen LogP contribution is 2.67. The van der Waals surface area contributed by atoms with Gasteiger partial charge in [0.25, 0.3) is 0 Å². The Labute approximate surface area is 284 Å². The summed E-state index contributed by atoms with van der Waals surface area (Å²) in [6.45, 7) is 21.5. The molecule has 0 spiro atoms. The van der Waals surface area contributed by atoms with E-state index in [4.69, 9.17) is 16.2 Å². The molecular weight excluding hydrogens is 568 g/mol. The number of fused-ring (bicyclic) bond motifs is 5. The molecule has 4 rings (SSSR count). The molecule has 0 bridgehead atoms. The van der Waals surface area contributed by atoms with Crippen molar-refractivity contribution < 1.29 is 9.53 Å². The third-order valence-electron chi connectivity index (χ3n) is 13.6. The Bertz CT molecular complexity index is 984. The Kier molecular flexibility index (Phi) is 13.9. The maximum absolute atomic E-state index is 13.5. The number of hydrogen-bond donors (Lipinski definition) is 3. The Morgan fingerprint density at radius 3 is 2.43 bits per heavy atom. The van der Waals surface area contributed by atoms with E-state index in [1.807, 2.05) is 4.90 Å². The monoisotopic (exact) mass is 643 g/mol. The van der Waals surface area contributed by atoms with E-state index >= 15 is 0 Å². The molecular formula is C40H74N4O2. The summed E-state index contributed by atoms with van der Waals surface area (Å²) < 4.78 is 6.30. The Hall–Kier alpha value is -1.11. The van der Waals surface area contributed by atoms with Gasteiger partial charge in [-0.3, -0.25) is 0 Å². The van der Waals surface area contributed by atoms with Crippen molar-refractivity contribution in [2.45, 2.75) is 138 Å². The van der Waals surface area contributed by atoms with Crippen molar-refractivity contribution in [2.75, 3.05) is 39.3 Å². The molecule has 3 saturated carbocycles. The van der Waals surface area contributed by atoms with Crippen LogP contribution in [0.25, 0.3) is 0 Å². The summed E-state index contributed by atoms with van der Waals surface area (Å²) in [5.74, 6) is 5.84. The first kappa shape index (κ1) is 37.7. The normalized spacial score (nSPS) is 34.2. The molecule has 5 N–H and O–H groups in total. The first-order chi connectivity index (χ1) is 21.9. The number of ether oxygens (including phenoxy) is 1. The Morgan fingerprint density at radius 2 is 1.72 bits per heavy atom. The van der Waals surface area contributed by atoms with Crippen molar-refractivity contribution in [1.29, 1.82) is 0 Å². The average molecular weight is 643 g/mol. The number of rotatable bonds is 17. The van der Waals surface area contributed by atoms with Crippen LogP contribution in [0.2, 0.25) is 0 Å². The van der Waals surface area contributed by atoms with Crippen molar-refractivity contribution in [3.8, 4) is 0 Å². The van der Waals surface area contributed by atoms with Gasteiger partial charge in [0.05, 0.1) is 0 Å². The minimum atomic E-state index is -0.138. The lowest BCUT2D eigenvalue weighted by atomic mass is 9.47. The number of nitrogens with one attached hydrogen (secondary N) is 1. The molecule has 46 heavy (non-hydrogen) atoms. The van der Waals surface area contributed by atoms with E-state index in [1.54, 1.807) is 5.57 Å². The predicted octanol–water partition coefficient (Wildman–Crippen LogP) is 8.39. The van der Waals surface area contributed by atoms with Gasteiger partial charge in [-0.05, 0) is 142 Å². The lowest BCUT2D eigenvalue weighted by Crippen LogP contribution is -2.51. The van der Waals surface area contributed by atoms with E-state index in [2.05, 4.69) is 59.9 Å². The van der Waals surface area contributed by atoms with Crippen LogP contribution in [0.3, 0.4) is 0 Å². The number of unbranched alkanes of at least 4 members (excludes halogenated alkanes) is 1. The van der Waals surface area contributed by atoms with Crippen LogP contribution in [0.1, 0.15) is 132 Å². The Balaban J connectivity index is 1.33. The van der Waals surface area contributed by atoms with Gasteiger partial charge in [-0.25, -0.2) is 4.79 Å². The second kappa shape index (κ2) is 17.0. The lowest BCUT2D eigenvalue weighted by molar-refractivity contribution is -0.0594. The van der Waals surface area contributed by atoms with E-state index in [0.717, 1.165) is 87.2 Å². The summed E-state index contributed by atoms with van der Waals surface area (Å²) >= 11 is 0. The highest BCUT2D eigenvalue weighted by molar-refractivity contribution is 5.68. The number of amides is 1. The van der Waals surface area contributed by atoms with Gasteiger partial charge in [-0.2, -0.15) is 0 Å². The predicted molar refractivity (Wildman–Crippen MR) is 193 cm³/mol. The lowest BCUT2D eigenvalue weighted by Gasteiger charge is -2.58.